The fourth-order valence-electron chi connectivity index (χ4n) is 2.91. The molecule has 0 radical (unpaired) electrons. The van der Waals surface area contributed by atoms with E-state index in [1.165, 1.54) is 29.6 Å². The summed E-state index contributed by atoms with van der Waals surface area (Å²) >= 11 is 1.27. The molecule has 2 aromatic rings. The van der Waals surface area contributed by atoms with E-state index < -0.39 is 17.8 Å². The minimum absolute atomic E-state index is 0.297. The summed E-state index contributed by atoms with van der Waals surface area (Å²) in [6.45, 7) is 2.84. The highest BCUT2D eigenvalue weighted by Crippen LogP contribution is 2.36. The summed E-state index contributed by atoms with van der Waals surface area (Å²) in [5.74, 6) is -0.879. The Morgan fingerprint density at radius 2 is 2.21 bits per heavy atom. The Labute approximate surface area is 165 Å². The summed E-state index contributed by atoms with van der Waals surface area (Å²) in [5, 5.41) is 12.6. The van der Waals surface area contributed by atoms with Crippen LogP contribution in [-0.4, -0.2) is 30.1 Å². The molecule has 2 heterocycles. The molecule has 6 nitrogen and oxygen atoms in total. The van der Waals surface area contributed by atoms with Crippen molar-refractivity contribution in [2.24, 2.45) is 0 Å². The van der Waals surface area contributed by atoms with Crippen molar-refractivity contribution in [3.05, 3.63) is 57.7 Å². The van der Waals surface area contributed by atoms with E-state index in [1.807, 2.05) is 0 Å². The van der Waals surface area contributed by atoms with Gasteiger partial charge in [0.05, 0.1) is 18.7 Å². The van der Waals surface area contributed by atoms with Gasteiger partial charge in [0.25, 0.3) is 0 Å². The van der Waals surface area contributed by atoms with Gasteiger partial charge in [-0.05, 0) is 31.1 Å². The van der Waals surface area contributed by atoms with Crippen molar-refractivity contribution in [2.75, 3.05) is 18.5 Å². The van der Waals surface area contributed by atoms with Gasteiger partial charge in [0.2, 0.25) is 5.91 Å². The molecule has 0 saturated carbocycles. The number of fused-ring (bicyclic) bond motifs is 1. The van der Waals surface area contributed by atoms with Crippen LogP contribution < -0.4 is 5.32 Å². The molecule has 0 unspecified atom stereocenters. The first-order chi connectivity index (χ1) is 13.5. The molecule has 28 heavy (non-hydrogen) atoms. The minimum Gasteiger partial charge on any atom is -0.450 e. The number of nitriles is 1. The van der Waals surface area contributed by atoms with Gasteiger partial charge in [0.1, 0.15) is 16.9 Å². The third kappa shape index (κ3) is 4.21. The Bertz CT molecular complexity index is 978. The lowest BCUT2D eigenvalue weighted by Gasteiger charge is -2.25. The Morgan fingerprint density at radius 3 is 2.93 bits per heavy atom. The normalized spacial score (nSPS) is 13.1. The van der Waals surface area contributed by atoms with E-state index in [9.17, 15) is 19.2 Å². The zero-order valence-corrected chi connectivity index (χ0v) is 16.0. The maximum atomic E-state index is 13.6. The van der Waals surface area contributed by atoms with E-state index in [-0.39, 0.29) is 0 Å². The van der Waals surface area contributed by atoms with Crippen LogP contribution in [0.15, 0.2) is 30.3 Å². The first-order valence-electron chi connectivity index (χ1n) is 8.73. The van der Waals surface area contributed by atoms with Gasteiger partial charge in [0, 0.05) is 23.1 Å². The van der Waals surface area contributed by atoms with Crippen molar-refractivity contribution in [3.8, 4) is 6.07 Å². The first kappa shape index (κ1) is 19.6. The van der Waals surface area contributed by atoms with Gasteiger partial charge in [-0.3, -0.25) is 4.79 Å². The van der Waals surface area contributed by atoms with Crippen molar-refractivity contribution in [2.45, 2.75) is 19.9 Å². The average Bonchev–Trinajstić information content (AvgIpc) is 3.03. The number of anilines is 1. The van der Waals surface area contributed by atoms with Gasteiger partial charge in [-0.1, -0.05) is 18.2 Å². The number of hydrogen-bond acceptors (Lipinski definition) is 5. The zero-order valence-electron chi connectivity index (χ0n) is 15.2. The van der Waals surface area contributed by atoms with Crippen LogP contribution in [0.5, 0.6) is 0 Å². The second kappa shape index (κ2) is 8.67. The number of ether oxygens (including phenoxy) is 1. The molecular weight excluding hydrogens is 381 g/mol. The number of carbonyl (C=O) groups excluding carboxylic acids is 2. The number of halogens is 1. The fourth-order valence-corrected chi connectivity index (χ4v) is 4.13. The smallest absolute Gasteiger partial charge is 0.410 e. The minimum atomic E-state index is -0.458. The van der Waals surface area contributed by atoms with Crippen LogP contribution in [0.3, 0.4) is 0 Å². The molecular formula is C20H18FN3O3S. The Hall–Kier alpha value is -3.18. The van der Waals surface area contributed by atoms with Gasteiger partial charge >= 0.3 is 6.09 Å². The maximum Gasteiger partial charge on any atom is 0.410 e. The van der Waals surface area contributed by atoms with Crippen molar-refractivity contribution < 1.29 is 18.7 Å². The molecule has 1 aliphatic heterocycles. The molecule has 0 spiro atoms. The van der Waals surface area contributed by atoms with E-state index in [4.69, 9.17) is 4.74 Å². The topological polar surface area (TPSA) is 82.4 Å². The number of amides is 2. The number of thiophene rings is 1. The summed E-state index contributed by atoms with van der Waals surface area (Å²) in [5.41, 5.74) is 1.56. The third-order valence-corrected chi connectivity index (χ3v) is 5.38. The zero-order chi connectivity index (χ0) is 20.1. The Morgan fingerprint density at radius 1 is 1.43 bits per heavy atom. The van der Waals surface area contributed by atoms with Crippen LogP contribution in [0.1, 0.15) is 28.5 Å². The van der Waals surface area contributed by atoms with Crippen molar-refractivity contribution in [1.82, 2.24) is 4.90 Å². The second-order valence-corrected chi connectivity index (χ2v) is 7.14. The molecule has 1 aromatic heterocycles. The molecule has 1 aliphatic rings. The standard InChI is InChI=1S/C20H18FN3O3S/c1-2-27-20(26)24-10-9-14-15(11-22)19(28-17(14)12-24)23-18(25)8-7-13-5-3-4-6-16(13)21/h3-8H,2,9-10,12H2,1H3,(H,23,25)/b8-7+. The summed E-state index contributed by atoms with van der Waals surface area (Å²) in [4.78, 5) is 26.6. The maximum absolute atomic E-state index is 13.6. The molecule has 1 N–H and O–H groups in total. The molecule has 0 fully saturated rings. The highest BCUT2D eigenvalue weighted by atomic mass is 32.1. The van der Waals surface area contributed by atoms with E-state index in [0.29, 0.717) is 42.2 Å². The van der Waals surface area contributed by atoms with Gasteiger partial charge in [-0.2, -0.15) is 5.26 Å². The Kier molecular flexibility index (Phi) is 6.06. The van der Waals surface area contributed by atoms with Crippen molar-refractivity contribution in [1.29, 1.82) is 5.26 Å². The monoisotopic (exact) mass is 399 g/mol. The second-order valence-electron chi connectivity index (χ2n) is 6.03. The van der Waals surface area contributed by atoms with E-state index >= 15 is 0 Å². The number of hydrogen-bond donors (Lipinski definition) is 1. The number of carbonyl (C=O) groups is 2. The lowest BCUT2D eigenvalue weighted by atomic mass is 10.0. The number of benzene rings is 1. The molecule has 3 rings (SSSR count). The fraction of sp³-hybridized carbons (Fsp3) is 0.250. The van der Waals surface area contributed by atoms with Crippen LogP contribution in [0.4, 0.5) is 14.2 Å². The molecule has 0 saturated heterocycles. The molecule has 144 valence electrons. The first-order valence-corrected chi connectivity index (χ1v) is 9.55. The lowest BCUT2D eigenvalue weighted by molar-refractivity contribution is -0.111. The van der Waals surface area contributed by atoms with E-state index in [2.05, 4.69) is 11.4 Å². The molecule has 1 aromatic carbocycles. The SMILES string of the molecule is CCOC(=O)N1CCc2c(sc(NC(=O)/C=C/c3ccccc3F)c2C#N)C1. The summed E-state index contributed by atoms with van der Waals surface area (Å²) < 4.78 is 18.7. The van der Waals surface area contributed by atoms with Crippen LogP contribution in [0.25, 0.3) is 6.08 Å². The number of nitrogens with zero attached hydrogens (tertiary/aromatic N) is 2. The summed E-state index contributed by atoms with van der Waals surface area (Å²) in [6.07, 6.45) is 2.74. The van der Waals surface area contributed by atoms with Gasteiger partial charge in [0.15, 0.2) is 0 Å². The van der Waals surface area contributed by atoms with E-state index in [0.717, 1.165) is 10.4 Å². The summed E-state index contributed by atoms with van der Waals surface area (Å²) in [6, 6.07) is 8.26. The largest absolute Gasteiger partial charge is 0.450 e. The van der Waals surface area contributed by atoms with Crippen LogP contribution in [0.2, 0.25) is 0 Å². The highest BCUT2D eigenvalue weighted by Gasteiger charge is 2.27. The van der Waals surface area contributed by atoms with Gasteiger partial charge in [-0.25, -0.2) is 9.18 Å². The van der Waals surface area contributed by atoms with E-state index in [1.54, 1.807) is 30.0 Å². The van der Waals surface area contributed by atoms with Crippen molar-refractivity contribution in [3.63, 3.8) is 0 Å². The molecule has 0 aliphatic carbocycles. The number of rotatable bonds is 4. The molecule has 2 amide bonds. The number of nitrogens with one attached hydrogen (secondary N) is 1. The third-order valence-electron chi connectivity index (χ3n) is 4.25. The Balaban J connectivity index is 1.75. The van der Waals surface area contributed by atoms with Crippen LogP contribution in [0, 0.1) is 17.1 Å². The predicted octanol–water partition coefficient (Wildman–Crippen LogP) is 3.93. The van der Waals surface area contributed by atoms with Crippen LogP contribution in [-0.2, 0) is 22.5 Å². The quantitative estimate of drug-likeness (QED) is 0.790. The lowest BCUT2D eigenvalue weighted by Crippen LogP contribution is -2.35. The van der Waals surface area contributed by atoms with Gasteiger partial charge in [-0.15, -0.1) is 11.3 Å². The highest BCUT2D eigenvalue weighted by molar-refractivity contribution is 7.16. The molecule has 0 bridgehead atoms. The van der Waals surface area contributed by atoms with Crippen LogP contribution >= 0.6 is 11.3 Å². The average molecular weight is 399 g/mol. The predicted molar refractivity (Wildman–Crippen MR) is 104 cm³/mol. The molecule has 0 atom stereocenters. The molecule has 8 heteroatoms. The summed E-state index contributed by atoms with van der Waals surface area (Å²) in [7, 11) is 0. The van der Waals surface area contributed by atoms with Gasteiger partial charge < -0.3 is 15.0 Å². The van der Waals surface area contributed by atoms with Crippen molar-refractivity contribution >= 4 is 34.4 Å².